The van der Waals surface area contributed by atoms with Crippen LogP contribution in [0.2, 0.25) is 0 Å². The summed E-state index contributed by atoms with van der Waals surface area (Å²) in [4.78, 5) is 11.3. The number of hydrogen-bond donors (Lipinski definition) is 1. The topological polar surface area (TPSA) is 55.8 Å². The molecule has 5 heteroatoms. The SMILES string of the molecule is CC[C@H](Br)[C@@H]1CC[C@@H](OC(C)=O)[C@H](O)C[C@@H](C)O1. The number of carbonyl (C=O) groups excluding carboxylic acids is 1. The highest BCUT2D eigenvalue weighted by atomic mass is 79.9. The van der Waals surface area contributed by atoms with Gasteiger partial charge in [-0.05, 0) is 26.2 Å². The van der Waals surface area contributed by atoms with Gasteiger partial charge in [0.05, 0.1) is 18.3 Å². The van der Waals surface area contributed by atoms with Gasteiger partial charge in [-0.2, -0.15) is 0 Å². The van der Waals surface area contributed by atoms with Gasteiger partial charge in [0.15, 0.2) is 0 Å². The Morgan fingerprint density at radius 2 is 2.22 bits per heavy atom. The van der Waals surface area contributed by atoms with Gasteiger partial charge >= 0.3 is 5.97 Å². The first-order chi connectivity index (χ1) is 8.43. The Morgan fingerprint density at radius 1 is 1.56 bits per heavy atom. The maximum atomic E-state index is 11.0. The monoisotopic (exact) mass is 322 g/mol. The Hall–Kier alpha value is -0.130. The van der Waals surface area contributed by atoms with Crippen LogP contribution in [-0.2, 0) is 14.3 Å². The van der Waals surface area contributed by atoms with Crippen molar-refractivity contribution >= 4 is 21.9 Å². The summed E-state index contributed by atoms with van der Waals surface area (Å²) in [5, 5.41) is 10.0. The zero-order valence-corrected chi connectivity index (χ0v) is 12.9. The molecule has 18 heavy (non-hydrogen) atoms. The molecule has 106 valence electrons. The van der Waals surface area contributed by atoms with Gasteiger partial charge in [-0.15, -0.1) is 0 Å². The van der Waals surface area contributed by atoms with E-state index in [1.165, 1.54) is 6.92 Å². The molecule has 5 atom stereocenters. The molecule has 0 aromatic heterocycles. The molecule has 4 nitrogen and oxygen atoms in total. The summed E-state index contributed by atoms with van der Waals surface area (Å²) in [6, 6.07) is 0. The van der Waals surface area contributed by atoms with E-state index >= 15 is 0 Å². The van der Waals surface area contributed by atoms with Crippen molar-refractivity contribution in [2.75, 3.05) is 0 Å². The van der Waals surface area contributed by atoms with Gasteiger partial charge in [-0.25, -0.2) is 0 Å². The van der Waals surface area contributed by atoms with Crippen LogP contribution in [0.5, 0.6) is 0 Å². The van der Waals surface area contributed by atoms with Crippen molar-refractivity contribution in [1.82, 2.24) is 0 Å². The maximum Gasteiger partial charge on any atom is 0.302 e. The minimum Gasteiger partial charge on any atom is -0.460 e. The smallest absolute Gasteiger partial charge is 0.302 e. The Kier molecular flexibility index (Phi) is 6.60. The first-order valence-electron chi connectivity index (χ1n) is 6.58. The minimum absolute atomic E-state index is 0.0324. The molecule has 1 aliphatic rings. The van der Waals surface area contributed by atoms with E-state index in [9.17, 15) is 9.90 Å². The van der Waals surface area contributed by atoms with E-state index in [0.29, 0.717) is 17.7 Å². The molecule has 1 N–H and O–H groups in total. The lowest BCUT2D eigenvalue weighted by Gasteiger charge is -2.33. The van der Waals surface area contributed by atoms with Gasteiger partial charge in [0, 0.05) is 18.2 Å². The average molecular weight is 323 g/mol. The number of aliphatic hydroxyl groups excluding tert-OH is 1. The third-order valence-corrected chi connectivity index (χ3v) is 4.49. The van der Waals surface area contributed by atoms with Gasteiger partial charge < -0.3 is 14.6 Å². The van der Waals surface area contributed by atoms with Crippen LogP contribution in [0, 0.1) is 0 Å². The van der Waals surface area contributed by atoms with Crippen LogP contribution in [0.25, 0.3) is 0 Å². The molecule has 1 saturated heterocycles. The molecule has 0 bridgehead atoms. The fraction of sp³-hybridized carbons (Fsp3) is 0.923. The third kappa shape index (κ3) is 4.86. The lowest BCUT2D eigenvalue weighted by Crippen LogP contribution is -2.40. The van der Waals surface area contributed by atoms with Crippen LogP contribution in [-0.4, -0.2) is 40.3 Å². The predicted molar refractivity (Wildman–Crippen MR) is 72.8 cm³/mol. The maximum absolute atomic E-state index is 11.0. The standard InChI is InChI=1S/C13H23BrO4/c1-4-10(14)12-5-6-13(18-9(3)15)11(16)7-8(2)17-12/h8,10-13,16H,4-7H2,1-3H3/t8-,10+,11-,12+,13-/m1/s1. The first-order valence-corrected chi connectivity index (χ1v) is 7.50. The number of carbonyl (C=O) groups is 1. The summed E-state index contributed by atoms with van der Waals surface area (Å²) in [5.41, 5.74) is 0. The second kappa shape index (κ2) is 7.46. The van der Waals surface area contributed by atoms with Crippen LogP contribution >= 0.6 is 15.9 Å². The van der Waals surface area contributed by atoms with E-state index in [0.717, 1.165) is 12.8 Å². The van der Waals surface area contributed by atoms with Crippen LogP contribution in [0.4, 0.5) is 0 Å². The Labute approximate surface area is 117 Å². The average Bonchev–Trinajstić information content (AvgIpc) is 2.29. The van der Waals surface area contributed by atoms with Crippen molar-refractivity contribution in [3.8, 4) is 0 Å². The predicted octanol–water partition coefficient (Wildman–Crippen LogP) is 2.41. The summed E-state index contributed by atoms with van der Waals surface area (Å²) in [6.45, 7) is 5.43. The molecule has 0 saturated carbocycles. The second-order valence-electron chi connectivity index (χ2n) is 4.94. The summed E-state index contributed by atoms with van der Waals surface area (Å²) >= 11 is 3.62. The highest BCUT2D eigenvalue weighted by molar-refractivity contribution is 9.09. The molecular weight excluding hydrogens is 300 g/mol. The Morgan fingerprint density at radius 3 is 2.78 bits per heavy atom. The van der Waals surface area contributed by atoms with Crippen molar-refractivity contribution in [3.63, 3.8) is 0 Å². The highest BCUT2D eigenvalue weighted by Gasteiger charge is 2.31. The van der Waals surface area contributed by atoms with Crippen molar-refractivity contribution in [1.29, 1.82) is 0 Å². The molecule has 0 spiro atoms. The van der Waals surface area contributed by atoms with Crippen molar-refractivity contribution < 1.29 is 19.4 Å². The van der Waals surface area contributed by atoms with Gasteiger partial charge in [0.1, 0.15) is 6.10 Å². The molecule has 0 aromatic rings. The van der Waals surface area contributed by atoms with E-state index in [4.69, 9.17) is 9.47 Å². The van der Waals surface area contributed by atoms with Gasteiger partial charge in [-0.1, -0.05) is 22.9 Å². The minimum atomic E-state index is -0.639. The number of halogens is 1. The molecule has 0 unspecified atom stereocenters. The summed E-state index contributed by atoms with van der Waals surface area (Å²) in [5.74, 6) is -0.337. The number of alkyl halides is 1. The van der Waals surface area contributed by atoms with Gasteiger partial charge in [0.25, 0.3) is 0 Å². The fourth-order valence-corrected chi connectivity index (χ4v) is 2.70. The molecule has 0 aromatic carbocycles. The van der Waals surface area contributed by atoms with Gasteiger partial charge in [0.2, 0.25) is 0 Å². The molecule has 0 radical (unpaired) electrons. The summed E-state index contributed by atoms with van der Waals surface area (Å²) in [6.07, 6.45) is 1.93. The first kappa shape index (κ1) is 15.9. The lowest BCUT2D eigenvalue weighted by molar-refractivity contribution is -0.158. The third-order valence-electron chi connectivity index (χ3n) is 3.26. The molecule has 1 fully saturated rings. The summed E-state index contributed by atoms with van der Waals surface area (Å²) in [7, 11) is 0. The number of aliphatic hydroxyl groups is 1. The summed E-state index contributed by atoms with van der Waals surface area (Å²) < 4.78 is 11.1. The molecule has 0 aliphatic carbocycles. The van der Waals surface area contributed by atoms with E-state index in [1.807, 2.05) is 6.92 Å². The van der Waals surface area contributed by atoms with Crippen molar-refractivity contribution in [2.24, 2.45) is 0 Å². The fourth-order valence-electron chi connectivity index (χ4n) is 2.31. The zero-order valence-electron chi connectivity index (χ0n) is 11.3. The molecule has 0 amide bonds. The normalized spacial score (nSPS) is 35.4. The van der Waals surface area contributed by atoms with Crippen LogP contribution in [0.3, 0.4) is 0 Å². The van der Waals surface area contributed by atoms with E-state index in [-0.39, 0.29) is 18.2 Å². The van der Waals surface area contributed by atoms with Crippen molar-refractivity contribution in [2.45, 2.75) is 75.7 Å². The molecule has 1 heterocycles. The lowest BCUT2D eigenvalue weighted by atomic mass is 9.97. The number of esters is 1. The molecule has 1 rings (SSSR count). The number of rotatable bonds is 3. The Bertz CT molecular complexity index is 272. The van der Waals surface area contributed by atoms with Crippen LogP contribution < -0.4 is 0 Å². The van der Waals surface area contributed by atoms with Gasteiger partial charge in [-0.3, -0.25) is 4.79 Å². The van der Waals surface area contributed by atoms with E-state index < -0.39 is 12.2 Å². The zero-order chi connectivity index (χ0) is 13.7. The van der Waals surface area contributed by atoms with E-state index in [1.54, 1.807) is 0 Å². The largest absolute Gasteiger partial charge is 0.460 e. The second-order valence-corrected chi connectivity index (χ2v) is 6.11. The number of hydrogen-bond acceptors (Lipinski definition) is 4. The van der Waals surface area contributed by atoms with Crippen LogP contribution in [0.15, 0.2) is 0 Å². The Balaban J connectivity index is 2.66. The quantitative estimate of drug-likeness (QED) is 0.640. The molecular formula is C13H23BrO4. The number of ether oxygens (including phenoxy) is 2. The van der Waals surface area contributed by atoms with Crippen molar-refractivity contribution in [3.05, 3.63) is 0 Å². The molecule has 1 aliphatic heterocycles. The van der Waals surface area contributed by atoms with E-state index in [2.05, 4.69) is 22.9 Å². The highest BCUT2D eigenvalue weighted by Crippen LogP contribution is 2.26. The van der Waals surface area contributed by atoms with Crippen LogP contribution in [0.1, 0.15) is 46.5 Å².